The first-order valence-corrected chi connectivity index (χ1v) is 10.1. The van der Waals surface area contributed by atoms with Crippen LogP contribution in [0.15, 0.2) is 0 Å². The van der Waals surface area contributed by atoms with E-state index in [2.05, 4.69) is 0 Å². The van der Waals surface area contributed by atoms with Crippen LogP contribution in [-0.4, -0.2) is 68.2 Å². The highest BCUT2D eigenvalue weighted by molar-refractivity contribution is 7.90. The predicted octanol–water partition coefficient (Wildman–Crippen LogP) is 0.672. The van der Waals surface area contributed by atoms with E-state index in [-0.39, 0.29) is 30.0 Å². The van der Waals surface area contributed by atoms with Crippen molar-refractivity contribution in [1.82, 2.24) is 9.80 Å². The van der Waals surface area contributed by atoms with Crippen molar-refractivity contribution in [2.45, 2.75) is 38.5 Å². The zero-order chi connectivity index (χ0) is 16.2. The maximum absolute atomic E-state index is 12.4. The van der Waals surface area contributed by atoms with Crippen LogP contribution in [0, 0.1) is 5.92 Å². The third-order valence-corrected chi connectivity index (χ3v) is 5.48. The second-order valence-corrected chi connectivity index (χ2v) is 8.75. The Labute approximate surface area is 132 Å². The molecule has 22 heavy (non-hydrogen) atoms. The standard InChI is InChI=1S/C15H26N2O4S/c1-22(20,21)12-13-6-5-9-16(10-13)15(19)11-17-8-4-2-3-7-14(17)18/h13H,2-12H2,1H3. The molecular weight excluding hydrogens is 304 g/mol. The molecule has 2 aliphatic rings. The monoisotopic (exact) mass is 330 g/mol. The van der Waals surface area contributed by atoms with Crippen LogP contribution in [0.2, 0.25) is 0 Å². The number of carbonyl (C=O) groups is 2. The molecule has 1 atom stereocenters. The van der Waals surface area contributed by atoms with Gasteiger partial charge in [-0.2, -0.15) is 0 Å². The van der Waals surface area contributed by atoms with Crippen molar-refractivity contribution in [3.63, 3.8) is 0 Å². The molecule has 0 spiro atoms. The Morgan fingerprint density at radius 3 is 2.68 bits per heavy atom. The minimum Gasteiger partial charge on any atom is -0.341 e. The summed E-state index contributed by atoms with van der Waals surface area (Å²) in [5.41, 5.74) is 0. The molecule has 2 heterocycles. The molecule has 2 aliphatic heterocycles. The van der Waals surface area contributed by atoms with Gasteiger partial charge in [-0.05, 0) is 31.6 Å². The normalized spacial score (nSPS) is 24.2. The van der Waals surface area contributed by atoms with Crippen LogP contribution < -0.4 is 0 Å². The number of nitrogens with zero attached hydrogens (tertiary/aromatic N) is 2. The molecule has 0 aromatic rings. The van der Waals surface area contributed by atoms with E-state index in [0.29, 0.717) is 26.1 Å². The summed E-state index contributed by atoms with van der Waals surface area (Å²) in [7, 11) is -3.02. The van der Waals surface area contributed by atoms with Crippen molar-refractivity contribution in [2.75, 3.05) is 38.2 Å². The van der Waals surface area contributed by atoms with Crippen LogP contribution in [0.5, 0.6) is 0 Å². The molecule has 0 saturated carbocycles. The fourth-order valence-corrected chi connectivity index (χ4v) is 4.45. The van der Waals surface area contributed by atoms with E-state index < -0.39 is 9.84 Å². The van der Waals surface area contributed by atoms with Gasteiger partial charge in [-0.15, -0.1) is 0 Å². The lowest BCUT2D eigenvalue weighted by molar-refractivity contribution is -0.141. The van der Waals surface area contributed by atoms with Crippen molar-refractivity contribution in [3.05, 3.63) is 0 Å². The minimum atomic E-state index is -3.02. The fraction of sp³-hybridized carbons (Fsp3) is 0.867. The maximum atomic E-state index is 12.4. The van der Waals surface area contributed by atoms with Crippen molar-refractivity contribution in [1.29, 1.82) is 0 Å². The summed E-state index contributed by atoms with van der Waals surface area (Å²) in [5.74, 6) is 0.177. The van der Waals surface area contributed by atoms with Gasteiger partial charge < -0.3 is 9.80 Å². The Hall–Kier alpha value is -1.11. The number of sulfone groups is 1. The Morgan fingerprint density at radius 2 is 1.95 bits per heavy atom. The second kappa shape index (κ2) is 7.44. The summed E-state index contributed by atoms with van der Waals surface area (Å²) in [6.45, 7) is 1.96. The van der Waals surface area contributed by atoms with Gasteiger partial charge in [-0.25, -0.2) is 8.42 Å². The van der Waals surface area contributed by atoms with Crippen molar-refractivity contribution < 1.29 is 18.0 Å². The summed E-state index contributed by atoms with van der Waals surface area (Å²) in [6.07, 6.45) is 6.35. The number of hydrogen-bond donors (Lipinski definition) is 0. The van der Waals surface area contributed by atoms with Crippen molar-refractivity contribution in [2.24, 2.45) is 5.92 Å². The van der Waals surface area contributed by atoms with Gasteiger partial charge in [0.15, 0.2) is 0 Å². The van der Waals surface area contributed by atoms with Crippen LogP contribution in [0.3, 0.4) is 0 Å². The lowest BCUT2D eigenvalue weighted by Gasteiger charge is -2.34. The Kier molecular flexibility index (Phi) is 5.83. The average Bonchev–Trinajstić information content (AvgIpc) is 2.62. The van der Waals surface area contributed by atoms with Crippen LogP contribution in [-0.2, 0) is 19.4 Å². The van der Waals surface area contributed by atoms with Crippen molar-refractivity contribution >= 4 is 21.7 Å². The molecule has 2 saturated heterocycles. The molecule has 126 valence electrons. The predicted molar refractivity (Wildman–Crippen MR) is 84.1 cm³/mol. The first-order valence-electron chi connectivity index (χ1n) is 8.08. The fourth-order valence-electron chi connectivity index (χ4n) is 3.32. The van der Waals surface area contributed by atoms with Gasteiger partial charge in [0.2, 0.25) is 11.8 Å². The largest absolute Gasteiger partial charge is 0.341 e. The topological polar surface area (TPSA) is 74.8 Å². The Bertz CT molecular complexity index is 518. The number of likely N-dealkylation sites (tertiary alicyclic amines) is 2. The Morgan fingerprint density at radius 1 is 1.18 bits per heavy atom. The van der Waals surface area contributed by atoms with Crippen LogP contribution in [0.25, 0.3) is 0 Å². The minimum absolute atomic E-state index is 0.0209. The molecule has 0 aromatic carbocycles. The lowest BCUT2D eigenvalue weighted by Crippen LogP contribution is -2.47. The van der Waals surface area contributed by atoms with Gasteiger partial charge in [-0.1, -0.05) is 6.42 Å². The van der Waals surface area contributed by atoms with E-state index in [1.54, 1.807) is 9.80 Å². The lowest BCUT2D eigenvalue weighted by atomic mass is 10.00. The van der Waals surface area contributed by atoms with Gasteiger partial charge in [0.1, 0.15) is 9.84 Å². The SMILES string of the molecule is CS(=O)(=O)CC1CCCN(C(=O)CN2CCCCCC2=O)C1. The highest BCUT2D eigenvalue weighted by atomic mass is 32.2. The van der Waals surface area contributed by atoms with Gasteiger partial charge in [0.05, 0.1) is 12.3 Å². The van der Waals surface area contributed by atoms with Gasteiger partial charge in [0.25, 0.3) is 0 Å². The summed E-state index contributed by atoms with van der Waals surface area (Å²) in [4.78, 5) is 27.8. The zero-order valence-corrected chi connectivity index (χ0v) is 14.1. The molecule has 1 unspecified atom stereocenters. The van der Waals surface area contributed by atoms with Crippen molar-refractivity contribution in [3.8, 4) is 0 Å². The highest BCUT2D eigenvalue weighted by Crippen LogP contribution is 2.19. The third-order valence-electron chi connectivity index (χ3n) is 4.41. The smallest absolute Gasteiger partial charge is 0.242 e. The van der Waals surface area contributed by atoms with Gasteiger partial charge in [-0.3, -0.25) is 9.59 Å². The van der Waals surface area contributed by atoms with E-state index in [1.165, 1.54) is 6.26 Å². The summed E-state index contributed by atoms with van der Waals surface area (Å²) >= 11 is 0. The molecular formula is C15H26N2O4S. The van der Waals surface area contributed by atoms with Crippen LogP contribution >= 0.6 is 0 Å². The number of amides is 2. The summed E-state index contributed by atoms with van der Waals surface area (Å²) in [5, 5.41) is 0. The molecule has 6 nitrogen and oxygen atoms in total. The zero-order valence-electron chi connectivity index (χ0n) is 13.3. The molecule has 0 aromatic heterocycles. The molecule has 7 heteroatoms. The van der Waals surface area contributed by atoms with E-state index >= 15 is 0 Å². The maximum Gasteiger partial charge on any atom is 0.242 e. The molecule has 2 rings (SSSR count). The molecule has 0 bridgehead atoms. The molecule has 2 amide bonds. The van der Waals surface area contributed by atoms with Gasteiger partial charge in [0, 0.05) is 32.3 Å². The quantitative estimate of drug-likeness (QED) is 0.759. The first-order chi connectivity index (χ1) is 10.3. The van der Waals surface area contributed by atoms with Gasteiger partial charge >= 0.3 is 0 Å². The molecule has 0 radical (unpaired) electrons. The summed E-state index contributed by atoms with van der Waals surface area (Å²) < 4.78 is 22.8. The Balaban J connectivity index is 1.89. The highest BCUT2D eigenvalue weighted by Gasteiger charge is 2.28. The molecule has 0 N–H and O–H groups in total. The number of hydrogen-bond acceptors (Lipinski definition) is 4. The second-order valence-electron chi connectivity index (χ2n) is 6.57. The molecule has 0 aliphatic carbocycles. The number of carbonyl (C=O) groups excluding carboxylic acids is 2. The summed E-state index contributed by atoms with van der Waals surface area (Å²) in [6, 6.07) is 0. The number of piperidine rings is 1. The van der Waals surface area contributed by atoms with Crippen LogP contribution in [0.4, 0.5) is 0 Å². The first kappa shape index (κ1) is 17.2. The van der Waals surface area contributed by atoms with E-state index in [4.69, 9.17) is 0 Å². The third kappa shape index (κ3) is 5.26. The van der Waals surface area contributed by atoms with E-state index in [0.717, 1.165) is 32.1 Å². The average molecular weight is 330 g/mol. The van der Waals surface area contributed by atoms with Crippen LogP contribution in [0.1, 0.15) is 38.5 Å². The number of rotatable bonds is 4. The van der Waals surface area contributed by atoms with E-state index in [1.807, 2.05) is 0 Å². The molecule has 2 fully saturated rings. The van der Waals surface area contributed by atoms with E-state index in [9.17, 15) is 18.0 Å².